The zero-order valence-electron chi connectivity index (χ0n) is 12.4. The number of hydrogen-bond donors (Lipinski definition) is 1. The summed E-state index contributed by atoms with van der Waals surface area (Å²) in [6.45, 7) is 7.32. The van der Waals surface area contributed by atoms with E-state index in [4.69, 9.17) is 11.6 Å². The molecule has 21 heavy (non-hydrogen) atoms. The molecule has 0 aliphatic carbocycles. The minimum Gasteiger partial charge on any atom is -0.340 e. The molecule has 2 amide bonds. The van der Waals surface area contributed by atoms with Gasteiger partial charge >= 0.3 is 0 Å². The molecule has 6 heteroatoms. The lowest BCUT2D eigenvalue weighted by Gasteiger charge is -2.44. The standard InChI is InChI=1S/C15H18ClIN2O2/c1-8(2)12-13(20)18-15(3,4)14(21)19(12)11-6-5-9(16)7-10(11)17/h5-8,12H,1-4H3,(H,18,20). The fourth-order valence-corrected chi connectivity index (χ4v) is 3.65. The first-order valence-electron chi connectivity index (χ1n) is 6.76. The van der Waals surface area contributed by atoms with Crippen LogP contribution in [0.4, 0.5) is 5.69 Å². The van der Waals surface area contributed by atoms with Crippen molar-refractivity contribution in [3.63, 3.8) is 0 Å². The fraction of sp³-hybridized carbons (Fsp3) is 0.467. The van der Waals surface area contributed by atoms with Crippen LogP contribution in [0.3, 0.4) is 0 Å². The van der Waals surface area contributed by atoms with Crippen LogP contribution in [0.15, 0.2) is 18.2 Å². The number of hydrogen-bond acceptors (Lipinski definition) is 2. The molecule has 1 aromatic carbocycles. The van der Waals surface area contributed by atoms with Crippen LogP contribution < -0.4 is 10.2 Å². The zero-order chi connectivity index (χ0) is 15.9. The summed E-state index contributed by atoms with van der Waals surface area (Å²) in [6.07, 6.45) is 0. The number of halogens is 2. The van der Waals surface area contributed by atoms with E-state index >= 15 is 0 Å². The summed E-state index contributed by atoms with van der Waals surface area (Å²) in [6, 6.07) is 4.82. The van der Waals surface area contributed by atoms with Gasteiger partial charge in [0.05, 0.1) is 5.69 Å². The van der Waals surface area contributed by atoms with Gasteiger partial charge in [0, 0.05) is 8.59 Å². The highest BCUT2D eigenvalue weighted by Gasteiger charge is 2.47. The van der Waals surface area contributed by atoms with Crippen LogP contribution in [0.25, 0.3) is 0 Å². The van der Waals surface area contributed by atoms with E-state index in [1.807, 2.05) is 13.8 Å². The van der Waals surface area contributed by atoms with Crippen molar-refractivity contribution in [2.75, 3.05) is 4.90 Å². The van der Waals surface area contributed by atoms with Crippen LogP contribution in [0, 0.1) is 9.49 Å². The topological polar surface area (TPSA) is 49.4 Å². The summed E-state index contributed by atoms with van der Waals surface area (Å²) >= 11 is 8.13. The Morgan fingerprint density at radius 3 is 2.48 bits per heavy atom. The minimum atomic E-state index is -0.912. The molecule has 4 nitrogen and oxygen atoms in total. The van der Waals surface area contributed by atoms with E-state index in [9.17, 15) is 9.59 Å². The van der Waals surface area contributed by atoms with Crippen molar-refractivity contribution in [2.24, 2.45) is 5.92 Å². The smallest absolute Gasteiger partial charge is 0.252 e. The summed E-state index contributed by atoms with van der Waals surface area (Å²) in [5, 5.41) is 3.42. The zero-order valence-corrected chi connectivity index (χ0v) is 15.3. The number of benzene rings is 1. The number of amides is 2. The molecular formula is C15H18ClIN2O2. The first-order chi connectivity index (χ1) is 9.65. The lowest BCUT2D eigenvalue weighted by atomic mass is 9.91. The Bertz CT molecular complexity index is 601. The van der Waals surface area contributed by atoms with E-state index in [0.717, 1.165) is 9.26 Å². The molecule has 114 valence electrons. The number of nitrogens with one attached hydrogen (secondary N) is 1. The number of anilines is 1. The Balaban J connectivity index is 2.58. The normalized spacial score (nSPS) is 21.7. The van der Waals surface area contributed by atoms with E-state index in [-0.39, 0.29) is 17.7 Å². The van der Waals surface area contributed by atoms with Crippen molar-refractivity contribution >= 4 is 51.7 Å². The van der Waals surface area contributed by atoms with E-state index in [1.165, 1.54) is 0 Å². The highest BCUT2D eigenvalue weighted by molar-refractivity contribution is 14.1. The SMILES string of the molecule is CC(C)C1C(=O)NC(C)(C)C(=O)N1c1ccc(Cl)cc1I. The van der Waals surface area contributed by atoms with Gasteiger partial charge in [0.2, 0.25) is 5.91 Å². The number of rotatable bonds is 2. The molecule has 1 fully saturated rings. The van der Waals surface area contributed by atoms with Gasteiger partial charge in [0.25, 0.3) is 5.91 Å². The van der Waals surface area contributed by atoms with Crippen molar-refractivity contribution in [1.29, 1.82) is 0 Å². The lowest BCUT2D eigenvalue weighted by Crippen LogP contribution is -2.69. The van der Waals surface area contributed by atoms with Gasteiger partial charge in [-0.15, -0.1) is 0 Å². The Morgan fingerprint density at radius 2 is 1.95 bits per heavy atom. The van der Waals surface area contributed by atoms with Gasteiger partial charge in [0.15, 0.2) is 0 Å². The maximum Gasteiger partial charge on any atom is 0.252 e. The minimum absolute atomic E-state index is 0.0107. The van der Waals surface area contributed by atoms with Crippen LogP contribution in [-0.2, 0) is 9.59 Å². The molecular weight excluding hydrogens is 403 g/mol. The maximum absolute atomic E-state index is 12.8. The van der Waals surface area contributed by atoms with Crippen LogP contribution in [-0.4, -0.2) is 23.4 Å². The predicted molar refractivity (Wildman–Crippen MR) is 92.5 cm³/mol. The van der Waals surface area contributed by atoms with Crippen LogP contribution in [0.2, 0.25) is 5.02 Å². The van der Waals surface area contributed by atoms with Gasteiger partial charge < -0.3 is 5.32 Å². The molecule has 1 aromatic rings. The van der Waals surface area contributed by atoms with Crippen LogP contribution in [0.1, 0.15) is 27.7 Å². The third kappa shape index (κ3) is 3.04. The maximum atomic E-state index is 12.8. The second-order valence-corrected chi connectivity index (χ2v) is 7.67. The second kappa shape index (κ2) is 5.76. The molecule has 0 radical (unpaired) electrons. The van der Waals surface area contributed by atoms with Crippen molar-refractivity contribution in [1.82, 2.24) is 5.32 Å². The lowest BCUT2D eigenvalue weighted by molar-refractivity contribution is -0.138. The summed E-state index contributed by atoms with van der Waals surface area (Å²) in [5.74, 6) is -0.224. The van der Waals surface area contributed by atoms with Crippen molar-refractivity contribution < 1.29 is 9.59 Å². The Hall–Kier alpha value is -0.820. The fourth-order valence-electron chi connectivity index (χ4n) is 2.52. The van der Waals surface area contributed by atoms with Gasteiger partial charge in [0.1, 0.15) is 11.6 Å². The van der Waals surface area contributed by atoms with Gasteiger partial charge in [-0.3, -0.25) is 14.5 Å². The third-order valence-electron chi connectivity index (χ3n) is 3.54. The summed E-state index contributed by atoms with van der Waals surface area (Å²) < 4.78 is 0.851. The largest absolute Gasteiger partial charge is 0.340 e. The molecule has 1 N–H and O–H groups in total. The molecule has 0 bridgehead atoms. The van der Waals surface area contributed by atoms with Gasteiger partial charge in [-0.25, -0.2) is 0 Å². The molecule has 1 aliphatic heterocycles. The highest BCUT2D eigenvalue weighted by Crippen LogP contribution is 2.33. The second-order valence-electron chi connectivity index (χ2n) is 6.07. The molecule has 1 saturated heterocycles. The summed E-state index contributed by atoms with van der Waals surface area (Å²) in [4.78, 5) is 26.9. The first kappa shape index (κ1) is 16.5. The third-order valence-corrected chi connectivity index (χ3v) is 4.64. The van der Waals surface area contributed by atoms with E-state index < -0.39 is 11.6 Å². The van der Waals surface area contributed by atoms with Crippen molar-refractivity contribution in [3.05, 3.63) is 26.8 Å². The average Bonchev–Trinajstić information content (AvgIpc) is 2.33. The van der Waals surface area contributed by atoms with Gasteiger partial charge in [-0.2, -0.15) is 0 Å². The Labute approximate surface area is 143 Å². The number of piperazine rings is 1. The highest BCUT2D eigenvalue weighted by atomic mass is 127. The molecule has 1 atom stereocenters. The van der Waals surface area contributed by atoms with E-state index in [0.29, 0.717) is 5.02 Å². The average molecular weight is 421 g/mol. The Morgan fingerprint density at radius 1 is 1.33 bits per heavy atom. The van der Waals surface area contributed by atoms with Crippen molar-refractivity contribution in [2.45, 2.75) is 39.3 Å². The number of carbonyl (C=O) groups excluding carboxylic acids is 2. The predicted octanol–water partition coefficient (Wildman–Crippen LogP) is 3.21. The van der Waals surface area contributed by atoms with E-state index in [2.05, 4.69) is 27.9 Å². The van der Waals surface area contributed by atoms with Crippen molar-refractivity contribution in [3.8, 4) is 0 Å². The molecule has 1 heterocycles. The van der Waals surface area contributed by atoms with Crippen LogP contribution >= 0.6 is 34.2 Å². The Kier molecular flexibility index (Phi) is 4.54. The quantitative estimate of drug-likeness (QED) is 0.747. The number of carbonyl (C=O) groups is 2. The van der Waals surface area contributed by atoms with Crippen LogP contribution in [0.5, 0.6) is 0 Å². The van der Waals surface area contributed by atoms with Gasteiger partial charge in [-0.1, -0.05) is 25.4 Å². The molecule has 0 spiro atoms. The van der Waals surface area contributed by atoms with Gasteiger partial charge in [-0.05, 0) is 60.6 Å². The van der Waals surface area contributed by atoms with E-state index in [1.54, 1.807) is 36.9 Å². The summed E-state index contributed by atoms with van der Waals surface area (Å²) in [7, 11) is 0. The molecule has 1 unspecified atom stereocenters. The molecule has 2 rings (SSSR count). The monoisotopic (exact) mass is 420 g/mol. The molecule has 0 aromatic heterocycles. The molecule has 0 saturated carbocycles. The number of nitrogens with zero attached hydrogens (tertiary/aromatic N) is 1. The summed E-state index contributed by atoms with van der Waals surface area (Å²) in [5.41, 5.74) is -0.183. The first-order valence-corrected chi connectivity index (χ1v) is 8.21. The molecule has 1 aliphatic rings.